The summed E-state index contributed by atoms with van der Waals surface area (Å²) in [5.41, 5.74) is 0.958. The van der Waals surface area contributed by atoms with E-state index in [2.05, 4.69) is 20.9 Å². The summed E-state index contributed by atoms with van der Waals surface area (Å²) in [5, 5.41) is 13.6. The van der Waals surface area contributed by atoms with Crippen molar-refractivity contribution in [1.82, 2.24) is 4.98 Å². The lowest BCUT2D eigenvalue weighted by atomic mass is 9.91. The molecule has 0 fully saturated rings. The van der Waals surface area contributed by atoms with Gasteiger partial charge in [0.2, 0.25) is 0 Å². The molecular weight excluding hydrogens is 298 g/mol. The van der Waals surface area contributed by atoms with Crippen LogP contribution >= 0.6 is 27.3 Å². The number of aliphatic hydroxyl groups is 1. The summed E-state index contributed by atoms with van der Waals surface area (Å²) >= 11 is 5.03. The highest BCUT2D eigenvalue weighted by atomic mass is 79.9. The predicted molar refractivity (Wildman–Crippen MR) is 74.3 cm³/mol. The molecule has 0 aliphatic rings. The third-order valence-electron chi connectivity index (χ3n) is 2.64. The van der Waals surface area contributed by atoms with Crippen molar-refractivity contribution in [2.24, 2.45) is 0 Å². The fourth-order valence-corrected chi connectivity index (χ4v) is 2.78. The maximum Gasteiger partial charge on any atom is 0.0924 e. The molecular formula is C13H14BrNOS. The Labute approximate surface area is 113 Å². The minimum absolute atomic E-state index is 0.536. The van der Waals surface area contributed by atoms with Crippen LogP contribution in [0.2, 0.25) is 0 Å². The molecule has 17 heavy (non-hydrogen) atoms. The average Bonchev–Trinajstić information content (AvgIpc) is 2.63. The highest BCUT2D eigenvalue weighted by Gasteiger charge is 2.24. The second-order valence-corrected chi connectivity index (χ2v) is 6.30. The molecule has 0 radical (unpaired) electrons. The van der Waals surface area contributed by atoms with Gasteiger partial charge in [-0.1, -0.05) is 28.1 Å². The van der Waals surface area contributed by atoms with Gasteiger partial charge in [-0.2, -0.15) is 0 Å². The SMILES string of the molecule is Cc1nc(CC(C)(O)c2cccc(Br)c2)cs1. The van der Waals surface area contributed by atoms with Crippen LogP contribution < -0.4 is 0 Å². The van der Waals surface area contributed by atoms with Crippen molar-refractivity contribution < 1.29 is 5.11 Å². The Balaban J connectivity index is 2.24. The molecule has 0 saturated heterocycles. The van der Waals surface area contributed by atoms with Gasteiger partial charge in [-0.25, -0.2) is 4.98 Å². The molecule has 1 atom stereocenters. The Bertz CT molecular complexity index is 522. The zero-order valence-electron chi connectivity index (χ0n) is 9.77. The van der Waals surface area contributed by atoms with Crippen LogP contribution in [0.5, 0.6) is 0 Å². The molecule has 2 nitrogen and oxygen atoms in total. The molecule has 0 amide bonds. The van der Waals surface area contributed by atoms with Crippen LogP contribution in [0, 0.1) is 6.92 Å². The van der Waals surface area contributed by atoms with E-state index in [1.165, 1.54) is 0 Å². The van der Waals surface area contributed by atoms with Gasteiger partial charge in [0.15, 0.2) is 0 Å². The summed E-state index contributed by atoms with van der Waals surface area (Å²) in [6, 6.07) is 7.76. The molecule has 1 unspecified atom stereocenters. The van der Waals surface area contributed by atoms with Crippen molar-refractivity contribution in [3.8, 4) is 0 Å². The van der Waals surface area contributed by atoms with Crippen molar-refractivity contribution in [2.75, 3.05) is 0 Å². The Kier molecular flexibility index (Phi) is 3.66. The van der Waals surface area contributed by atoms with Crippen molar-refractivity contribution in [3.63, 3.8) is 0 Å². The third-order valence-corrected chi connectivity index (χ3v) is 3.95. The number of thiazole rings is 1. The number of hydrogen-bond donors (Lipinski definition) is 1. The largest absolute Gasteiger partial charge is 0.385 e. The fraction of sp³-hybridized carbons (Fsp3) is 0.308. The molecule has 1 heterocycles. The van der Waals surface area contributed by atoms with E-state index in [0.717, 1.165) is 20.7 Å². The predicted octanol–water partition coefficient (Wildman–Crippen LogP) is 3.66. The summed E-state index contributed by atoms with van der Waals surface area (Å²) in [7, 11) is 0. The van der Waals surface area contributed by atoms with Crippen LogP contribution in [0.4, 0.5) is 0 Å². The lowest BCUT2D eigenvalue weighted by Gasteiger charge is -2.23. The van der Waals surface area contributed by atoms with Crippen LogP contribution in [0.3, 0.4) is 0 Å². The van der Waals surface area contributed by atoms with Crippen molar-refractivity contribution in [3.05, 3.63) is 50.4 Å². The minimum Gasteiger partial charge on any atom is -0.385 e. The minimum atomic E-state index is -0.885. The number of nitrogens with zero attached hydrogens (tertiary/aromatic N) is 1. The second kappa shape index (κ2) is 4.88. The summed E-state index contributed by atoms with van der Waals surface area (Å²) < 4.78 is 0.977. The first-order chi connectivity index (χ1) is 7.97. The highest BCUT2D eigenvalue weighted by molar-refractivity contribution is 9.10. The monoisotopic (exact) mass is 311 g/mol. The first kappa shape index (κ1) is 12.7. The van der Waals surface area contributed by atoms with Crippen LogP contribution in [0.1, 0.15) is 23.2 Å². The van der Waals surface area contributed by atoms with E-state index in [0.29, 0.717) is 6.42 Å². The lowest BCUT2D eigenvalue weighted by Crippen LogP contribution is -2.24. The van der Waals surface area contributed by atoms with E-state index >= 15 is 0 Å². The number of rotatable bonds is 3. The highest BCUT2D eigenvalue weighted by Crippen LogP contribution is 2.27. The van der Waals surface area contributed by atoms with E-state index in [-0.39, 0.29) is 0 Å². The molecule has 1 aromatic carbocycles. The standard InChI is InChI=1S/C13H14BrNOS/c1-9-15-12(8-17-9)7-13(2,16)10-4-3-5-11(14)6-10/h3-6,8,16H,7H2,1-2H3. The van der Waals surface area contributed by atoms with Crippen LogP contribution in [0.15, 0.2) is 34.1 Å². The van der Waals surface area contributed by atoms with E-state index < -0.39 is 5.60 Å². The average molecular weight is 312 g/mol. The first-order valence-corrected chi connectivity index (χ1v) is 7.04. The van der Waals surface area contributed by atoms with Gasteiger partial charge in [-0.05, 0) is 31.5 Å². The second-order valence-electron chi connectivity index (χ2n) is 4.32. The van der Waals surface area contributed by atoms with Gasteiger partial charge in [0.25, 0.3) is 0 Å². The maximum atomic E-state index is 10.5. The van der Waals surface area contributed by atoms with E-state index in [9.17, 15) is 5.11 Å². The number of aryl methyl sites for hydroxylation is 1. The topological polar surface area (TPSA) is 33.1 Å². The van der Waals surface area contributed by atoms with E-state index in [1.54, 1.807) is 11.3 Å². The van der Waals surface area contributed by atoms with E-state index in [1.807, 2.05) is 43.5 Å². The van der Waals surface area contributed by atoms with Crippen LogP contribution in [-0.2, 0) is 12.0 Å². The molecule has 0 aliphatic carbocycles. The number of hydrogen-bond acceptors (Lipinski definition) is 3. The Morgan fingerprint density at radius 3 is 2.82 bits per heavy atom. The van der Waals surface area contributed by atoms with Gasteiger partial charge >= 0.3 is 0 Å². The Morgan fingerprint density at radius 2 is 2.24 bits per heavy atom. The summed E-state index contributed by atoms with van der Waals surface area (Å²) in [4.78, 5) is 4.39. The third kappa shape index (κ3) is 3.15. The van der Waals surface area contributed by atoms with E-state index in [4.69, 9.17) is 0 Å². The van der Waals surface area contributed by atoms with Gasteiger partial charge in [-0.15, -0.1) is 11.3 Å². The summed E-state index contributed by atoms with van der Waals surface area (Å²) in [6.07, 6.45) is 0.536. The zero-order chi connectivity index (χ0) is 12.5. The Morgan fingerprint density at radius 1 is 1.47 bits per heavy atom. The van der Waals surface area contributed by atoms with Gasteiger partial charge in [0.05, 0.1) is 16.3 Å². The van der Waals surface area contributed by atoms with Gasteiger partial charge in [0.1, 0.15) is 0 Å². The maximum absolute atomic E-state index is 10.5. The molecule has 2 rings (SSSR count). The fourth-order valence-electron chi connectivity index (χ4n) is 1.77. The number of benzene rings is 1. The number of aromatic nitrogens is 1. The Hall–Kier alpha value is -0.710. The van der Waals surface area contributed by atoms with Crippen LogP contribution in [-0.4, -0.2) is 10.1 Å². The summed E-state index contributed by atoms with van der Waals surface area (Å²) in [6.45, 7) is 3.80. The van der Waals surface area contributed by atoms with Crippen molar-refractivity contribution in [1.29, 1.82) is 0 Å². The summed E-state index contributed by atoms with van der Waals surface area (Å²) in [5.74, 6) is 0. The molecule has 0 aliphatic heterocycles. The van der Waals surface area contributed by atoms with Crippen LogP contribution in [0.25, 0.3) is 0 Å². The van der Waals surface area contributed by atoms with Gasteiger partial charge < -0.3 is 5.11 Å². The van der Waals surface area contributed by atoms with Crippen molar-refractivity contribution >= 4 is 27.3 Å². The molecule has 4 heteroatoms. The first-order valence-electron chi connectivity index (χ1n) is 5.37. The molecule has 0 bridgehead atoms. The molecule has 2 aromatic rings. The molecule has 0 saturated carbocycles. The lowest BCUT2D eigenvalue weighted by molar-refractivity contribution is 0.0567. The van der Waals surface area contributed by atoms with Crippen molar-refractivity contribution in [2.45, 2.75) is 25.9 Å². The molecule has 90 valence electrons. The van der Waals surface area contributed by atoms with Gasteiger partial charge in [-0.3, -0.25) is 0 Å². The zero-order valence-corrected chi connectivity index (χ0v) is 12.2. The quantitative estimate of drug-likeness (QED) is 0.938. The van der Waals surface area contributed by atoms with Gasteiger partial charge in [0, 0.05) is 16.3 Å². The normalized spacial score (nSPS) is 14.6. The molecule has 1 aromatic heterocycles. The number of halogens is 1. The molecule has 0 spiro atoms. The molecule has 1 N–H and O–H groups in total. The smallest absolute Gasteiger partial charge is 0.0924 e.